The van der Waals surface area contributed by atoms with E-state index < -0.39 is 12.1 Å². The molecular weight excluding hydrogens is 232 g/mol. The van der Waals surface area contributed by atoms with Gasteiger partial charge < -0.3 is 15.5 Å². The summed E-state index contributed by atoms with van der Waals surface area (Å²) in [5.74, 6) is -0.641. The molecule has 0 amide bonds. The van der Waals surface area contributed by atoms with Crippen LogP contribution in [0.4, 0.5) is 5.82 Å². The zero-order valence-corrected chi connectivity index (χ0v) is 9.53. The predicted octanol–water partition coefficient (Wildman–Crippen LogP) is 1.62. The normalized spacial score (nSPS) is 12.2. The molecule has 0 saturated heterocycles. The second-order valence-corrected chi connectivity index (χ2v) is 3.83. The molecule has 5 nitrogen and oxygen atoms in total. The molecule has 3 N–H and O–H groups in total. The number of halogens is 1. The molecule has 1 heterocycles. The number of pyridine rings is 1. The average molecular weight is 245 g/mol. The van der Waals surface area contributed by atoms with Gasteiger partial charge >= 0.3 is 5.97 Å². The molecular formula is C10H13ClN2O3. The Balaban J connectivity index is 2.64. The van der Waals surface area contributed by atoms with Crippen molar-refractivity contribution in [1.29, 1.82) is 0 Å². The Hall–Kier alpha value is -1.33. The van der Waals surface area contributed by atoms with Gasteiger partial charge in [0.25, 0.3) is 0 Å². The minimum absolute atomic E-state index is 0.0473. The Morgan fingerprint density at radius 3 is 2.88 bits per heavy atom. The number of aliphatic hydroxyl groups is 1. The summed E-state index contributed by atoms with van der Waals surface area (Å²) in [4.78, 5) is 14.5. The predicted molar refractivity (Wildman–Crippen MR) is 61.0 cm³/mol. The summed E-state index contributed by atoms with van der Waals surface area (Å²) in [7, 11) is 0. The minimum atomic E-state index is -1.06. The molecule has 1 aromatic rings. The number of anilines is 1. The Labute approximate surface area is 98.1 Å². The molecule has 0 saturated carbocycles. The third-order valence-corrected chi connectivity index (χ3v) is 2.23. The van der Waals surface area contributed by atoms with Crippen molar-refractivity contribution in [2.45, 2.75) is 19.4 Å². The van der Waals surface area contributed by atoms with E-state index in [4.69, 9.17) is 21.8 Å². The van der Waals surface area contributed by atoms with E-state index in [0.29, 0.717) is 18.8 Å². The van der Waals surface area contributed by atoms with Crippen LogP contribution in [0.3, 0.4) is 0 Å². The van der Waals surface area contributed by atoms with Gasteiger partial charge in [-0.1, -0.05) is 11.6 Å². The van der Waals surface area contributed by atoms with Crippen molar-refractivity contribution in [3.05, 3.63) is 22.8 Å². The monoisotopic (exact) mass is 244 g/mol. The highest BCUT2D eigenvalue weighted by molar-refractivity contribution is 6.33. The molecule has 0 aromatic carbocycles. The molecule has 0 bridgehead atoms. The number of aromatic nitrogens is 1. The lowest BCUT2D eigenvalue weighted by molar-refractivity contribution is 0.0696. The van der Waals surface area contributed by atoms with Crippen molar-refractivity contribution in [3.8, 4) is 0 Å². The zero-order chi connectivity index (χ0) is 12.1. The number of nitrogens with one attached hydrogen (secondary N) is 1. The highest BCUT2D eigenvalue weighted by Crippen LogP contribution is 2.20. The van der Waals surface area contributed by atoms with E-state index in [2.05, 4.69) is 10.3 Å². The fourth-order valence-electron chi connectivity index (χ4n) is 1.08. The fraction of sp³-hybridized carbons (Fsp3) is 0.400. The van der Waals surface area contributed by atoms with Crippen molar-refractivity contribution in [2.75, 3.05) is 11.9 Å². The third-order valence-electron chi connectivity index (χ3n) is 1.94. The van der Waals surface area contributed by atoms with Crippen LogP contribution in [0.2, 0.25) is 5.02 Å². The van der Waals surface area contributed by atoms with Gasteiger partial charge in [0.1, 0.15) is 5.82 Å². The van der Waals surface area contributed by atoms with E-state index in [1.54, 1.807) is 6.92 Å². The largest absolute Gasteiger partial charge is 0.478 e. The SMILES string of the molecule is CC(O)CCNc1ncc(C(=O)O)cc1Cl. The molecule has 1 atom stereocenters. The first kappa shape index (κ1) is 12.7. The number of hydrogen-bond donors (Lipinski definition) is 3. The summed E-state index contributed by atoms with van der Waals surface area (Å²) in [5.41, 5.74) is 0.0473. The van der Waals surface area contributed by atoms with Crippen LogP contribution >= 0.6 is 11.6 Å². The van der Waals surface area contributed by atoms with Crippen molar-refractivity contribution < 1.29 is 15.0 Å². The summed E-state index contributed by atoms with van der Waals surface area (Å²) in [6, 6.07) is 1.33. The second kappa shape index (κ2) is 5.67. The van der Waals surface area contributed by atoms with Crippen LogP contribution in [0.15, 0.2) is 12.3 Å². The summed E-state index contributed by atoms with van der Waals surface area (Å²) in [6.07, 6.45) is 1.40. The maximum Gasteiger partial charge on any atom is 0.337 e. The first-order valence-corrected chi connectivity index (χ1v) is 5.19. The van der Waals surface area contributed by atoms with Crippen LogP contribution in [0, 0.1) is 0 Å². The van der Waals surface area contributed by atoms with Gasteiger partial charge in [0.2, 0.25) is 0 Å². The molecule has 1 aromatic heterocycles. The lowest BCUT2D eigenvalue weighted by Gasteiger charge is -2.08. The molecule has 88 valence electrons. The molecule has 0 spiro atoms. The molecule has 0 radical (unpaired) electrons. The molecule has 0 aliphatic heterocycles. The number of rotatable bonds is 5. The van der Waals surface area contributed by atoms with Gasteiger partial charge in [-0.2, -0.15) is 0 Å². The smallest absolute Gasteiger partial charge is 0.337 e. The Kier molecular flexibility index (Phi) is 4.52. The van der Waals surface area contributed by atoms with E-state index >= 15 is 0 Å². The van der Waals surface area contributed by atoms with Crippen LogP contribution in [0.1, 0.15) is 23.7 Å². The number of nitrogens with zero attached hydrogens (tertiary/aromatic N) is 1. The molecule has 1 rings (SSSR count). The highest BCUT2D eigenvalue weighted by atomic mass is 35.5. The van der Waals surface area contributed by atoms with Gasteiger partial charge in [-0.25, -0.2) is 9.78 Å². The fourth-order valence-corrected chi connectivity index (χ4v) is 1.32. The zero-order valence-electron chi connectivity index (χ0n) is 8.77. The summed E-state index contributed by atoms with van der Waals surface area (Å²) >= 11 is 5.84. The van der Waals surface area contributed by atoms with E-state index in [-0.39, 0.29) is 10.6 Å². The topological polar surface area (TPSA) is 82.5 Å². The van der Waals surface area contributed by atoms with Gasteiger partial charge in [-0.3, -0.25) is 0 Å². The lowest BCUT2D eigenvalue weighted by atomic mass is 10.2. The van der Waals surface area contributed by atoms with Crippen molar-refractivity contribution in [1.82, 2.24) is 4.98 Å². The van der Waals surface area contributed by atoms with Crippen LogP contribution in [0.5, 0.6) is 0 Å². The maximum absolute atomic E-state index is 10.6. The highest BCUT2D eigenvalue weighted by Gasteiger charge is 2.08. The van der Waals surface area contributed by atoms with E-state index in [9.17, 15) is 4.79 Å². The third kappa shape index (κ3) is 3.67. The minimum Gasteiger partial charge on any atom is -0.478 e. The van der Waals surface area contributed by atoms with Crippen LogP contribution in [0.25, 0.3) is 0 Å². The lowest BCUT2D eigenvalue weighted by Crippen LogP contribution is -2.11. The van der Waals surface area contributed by atoms with E-state index in [1.165, 1.54) is 12.3 Å². The van der Waals surface area contributed by atoms with Crippen molar-refractivity contribution >= 4 is 23.4 Å². The first-order chi connectivity index (χ1) is 7.50. The van der Waals surface area contributed by atoms with Gasteiger partial charge in [0.05, 0.1) is 16.7 Å². The molecule has 1 unspecified atom stereocenters. The number of carbonyl (C=O) groups is 1. The van der Waals surface area contributed by atoms with Crippen LogP contribution in [-0.2, 0) is 0 Å². The summed E-state index contributed by atoms with van der Waals surface area (Å²) in [6.45, 7) is 2.21. The Morgan fingerprint density at radius 2 is 2.38 bits per heavy atom. The molecule has 0 fully saturated rings. The van der Waals surface area contributed by atoms with E-state index in [1.807, 2.05) is 0 Å². The first-order valence-electron chi connectivity index (χ1n) is 4.81. The standard InChI is InChI=1S/C10H13ClN2O3/c1-6(14)2-3-12-9-8(11)4-7(5-13-9)10(15)16/h4-6,14H,2-3H2,1H3,(H,12,13)(H,15,16). The quantitative estimate of drug-likeness (QED) is 0.733. The number of hydrogen-bond acceptors (Lipinski definition) is 4. The van der Waals surface area contributed by atoms with Gasteiger partial charge in [-0.15, -0.1) is 0 Å². The molecule has 0 aliphatic carbocycles. The summed E-state index contributed by atoms with van der Waals surface area (Å²) in [5, 5.41) is 20.9. The van der Waals surface area contributed by atoms with Gasteiger partial charge in [0.15, 0.2) is 0 Å². The average Bonchev–Trinajstić information content (AvgIpc) is 2.19. The van der Waals surface area contributed by atoms with Gasteiger partial charge in [-0.05, 0) is 19.4 Å². The number of aromatic carboxylic acids is 1. The van der Waals surface area contributed by atoms with Crippen LogP contribution in [-0.4, -0.2) is 33.8 Å². The Morgan fingerprint density at radius 1 is 1.69 bits per heavy atom. The number of carboxylic acid groups (broad SMARTS) is 1. The van der Waals surface area contributed by atoms with Crippen molar-refractivity contribution in [2.24, 2.45) is 0 Å². The molecule has 16 heavy (non-hydrogen) atoms. The van der Waals surface area contributed by atoms with Crippen molar-refractivity contribution in [3.63, 3.8) is 0 Å². The molecule has 6 heteroatoms. The van der Waals surface area contributed by atoms with Crippen LogP contribution < -0.4 is 5.32 Å². The summed E-state index contributed by atoms with van der Waals surface area (Å²) < 4.78 is 0. The number of carboxylic acids is 1. The Bertz CT molecular complexity index is 382. The van der Waals surface area contributed by atoms with E-state index in [0.717, 1.165) is 0 Å². The molecule has 0 aliphatic rings. The maximum atomic E-state index is 10.6. The number of aliphatic hydroxyl groups excluding tert-OH is 1. The van der Waals surface area contributed by atoms with Gasteiger partial charge in [0, 0.05) is 12.7 Å². The second-order valence-electron chi connectivity index (χ2n) is 3.42.